The fourth-order valence-corrected chi connectivity index (χ4v) is 3.76. The van der Waals surface area contributed by atoms with Gasteiger partial charge in [0.1, 0.15) is 9.71 Å². The minimum atomic E-state index is -0.00769. The molecule has 1 aliphatic heterocycles. The molecular formula is C16H13N3OS. The van der Waals surface area contributed by atoms with Gasteiger partial charge in [-0.1, -0.05) is 24.3 Å². The third-order valence-electron chi connectivity index (χ3n) is 3.83. The number of fused-ring (bicyclic) bond motifs is 2. The number of nitrogens with zero attached hydrogens (tertiary/aromatic N) is 2. The van der Waals surface area contributed by atoms with Crippen LogP contribution < -0.4 is 5.73 Å². The van der Waals surface area contributed by atoms with Crippen LogP contribution in [0, 0.1) is 0 Å². The van der Waals surface area contributed by atoms with Crippen LogP contribution in [0.4, 0.5) is 5.69 Å². The Hall–Kier alpha value is -2.40. The molecule has 0 fully saturated rings. The van der Waals surface area contributed by atoms with Crippen molar-refractivity contribution in [3.05, 3.63) is 58.6 Å². The van der Waals surface area contributed by atoms with E-state index in [1.807, 2.05) is 29.2 Å². The molecule has 0 atom stereocenters. The fraction of sp³-hybridized carbons (Fsp3) is 0.125. The van der Waals surface area contributed by atoms with Crippen LogP contribution in [0.15, 0.2) is 42.6 Å². The molecule has 4 rings (SSSR count). The van der Waals surface area contributed by atoms with Crippen molar-refractivity contribution < 1.29 is 4.79 Å². The zero-order valence-electron chi connectivity index (χ0n) is 11.2. The highest BCUT2D eigenvalue weighted by atomic mass is 32.1. The summed E-state index contributed by atoms with van der Waals surface area (Å²) in [6.07, 6.45) is 1.72. The summed E-state index contributed by atoms with van der Waals surface area (Å²) in [5.74, 6) is -0.00769. The number of hydrogen-bond donors (Lipinski definition) is 1. The molecule has 0 saturated heterocycles. The number of benzene rings is 1. The lowest BCUT2D eigenvalue weighted by atomic mass is 10.1. The van der Waals surface area contributed by atoms with Gasteiger partial charge in [0.05, 0.1) is 5.69 Å². The summed E-state index contributed by atoms with van der Waals surface area (Å²) in [5.41, 5.74) is 9.10. The van der Waals surface area contributed by atoms with Gasteiger partial charge in [0.25, 0.3) is 5.91 Å². The van der Waals surface area contributed by atoms with Crippen molar-refractivity contribution in [2.24, 2.45) is 0 Å². The molecule has 1 aromatic carbocycles. The molecule has 104 valence electrons. The number of pyridine rings is 1. The van der Waals surface area contributed by atoms with Gasteiger partial charge >= 0.3 is 0 Å². The minimum Gasteiger partial charge on any atom is -0.397 e. The van der Waals surface area contributed by atoms with Crippen molar-refractivity contribution in [2.75, 3.05) is 5.73 Å². The van der Waals surface area contributed by atoms with Gasteiger partial charge in [0, 0.05) is 24.7 Å². The average Bonchev–Trinajstić information content (AvgIpc) is 3.08. The molecule has 3 aromatic rings. The Labute approximate surface area is 125 Å². The maximum absolute atomic E-state index is 12.7. The highest BCUT2D eigenvalue weighted by Crippen LogP contribution is 2.34. The van der Waals surface area contributed by atoms with Crippen molar-refractivity contribution in [3.63, 3.8) is 0 Å². The van der Waals surface area contributed by atoms with E-state index in [4.69, 9.17) is 5.73 Å². The van der Waals surface area contributed by atoms with E-state index in [2.05, 4.69) is 17.1 Å². The SMILES string of the molecule is Nc1c(C(=O)N2Cc3ccccc3C2)sc2ncccc12. The first kappa shape index (κ1) is 12.3. The molecule has 1 amide bonds. The second-order valence-corrected chi connectivity index (χ2v) is 6.13. The molecule has 5 heteroatoms. The molecule has 0 aliphatic carbocycles. The summed E-state index contributed by atoms with van der Waals surface area (Å²) < 4.78 is 0. The van der Waals surface area contributed by atoms with Gasteiger partial charge in [-0.25, -0.2) is 4.98 Å². The molecule has 0 bridgehead atoms. The number of amides is 1. The summed E-state index contributed by atoms with van der Waals surface area (Å²) in [4.78, 5) is 20.3. The first-order valence-electron chi connectivity index (χ1n) is 6.73. The van der Waals surface area contributed by atoms with E-state index in [1.165, 1.54) is 22.5 Å². The van der Waals surface area contributed by atoms with E-state index >= 15 is 0 Å². The normalized spacial score (nSPS) is 13.6. The lowest BCUT2D eigenvalue weighted by Crippen LogP contribution is -2.25. The molecule has 2 N–H and O–H groups in total. The van der Waals surface area contributed by atoms with Crippen molar-refractivity contribution in [1.82, 2.24) is 9.88 Å². The van der Waals surface area contributed by atoms with Gasteiger partial charge in [-0.15, -0.1) is 11.3 Å². The molecule has 0 saturated carbocycles. The number of hydrogen-bond acceptors (Lipinski definition) is 4. The molecule has 1 aliphatic rings. The Bertz CT molecular complexity index is 831. The van der Waals surface area contributed by atoms with Gasteiger partial charge in [-0.3, -0.25) is 4.79 Å². The molecule has 3 heterocycles. The number of aromatic nitrogens is 1. The Balaban J connectivity index is 1.71. The van der Waals surface area contributed by atoms with Crippen molar-refractivity contribution >= 4 is 33.1 Å². The predicted molar refractivity (Wildman–Crippen MR) is 84.1 cm³/mol. The van der Waals surface area contributed by atoms with Gasteiger partial charge in [-0.2, -0.15) is 0 Å². The van der Waals surface area contributed by atoms with Crippen LogP contribution in [0.5, 0.6) is 0 Å². The van der Waals surface area contributed by atoms with Gasteiger partial charge in [-0.05, 0) is 23.3 Å². The van der Waals surface area contributed by atoms with Gasteiger partial charge in [0.15, 0.2) is 0 Å². The maximum Gasteiger partial charge on any atom is 0.266 e. The quantitative estimate of drug-likeness (QED) is 0.750. The Morgan fingerprint density at radius 1 is 1.14 bits per heavy atom. The molecule has 2 aromatic heterocycles. The highest BCUT2D eigenvalue weighted by molar-refractivity contribution is 7.21. The summed E-state index contributed by atoms with van der Waals surface area (Å²) in [7, 11) is 0. The van der Waals surface area contributed by atoms with Crippen LogP contribution in [0.1, 0.15) is 20.8 Å². The van der Waals surface area contributed by atoms with E-state index in [0.717, 1.165) is 10.2 Å². The van der Waals surface area contributed by atoms with Crippen molar-refractivity contribution in [3.8, 4) is 0 Å². The Kier molecular flexibility index (Phi) is 2.68. The smallest absolute Gasteiger partial charge is 0.266 e. The Morgan fingerprint density at radius 3 is 2.52 bits per heavy atom. The van der Waals surface area contributed by atoms with Crippen molar-refractivity contribution in [1.29, 1.82) is 0 Å². The first-order valence-corrected chi connectivity index (χ1v) is 7.55. The maximum atomic E-state index is 12.7. The van der Waals surface area contributed by atoms with Crippen LogP contribution in [-0.2, 0) is 13.1 Å². The van der Waals surface area contributed by atoms with Crippen LogP contribution >= 0.6 is 11.3 Å². The number of anilines is 1. The third-order valence-corrected chi connectivity index (χ3v) is 4.94. The van der Waals surface area contributed by atoms with Crippen LogP contribution in [0.2, 0.25) is 0 Å². The van der Waals surface area contributed by atoms with E-state index in [1.54, 1.807) is 6.20 Å². The molecule has 0 unspecified atom stereocenters. The largest absolute Gasteiger partial charge is 0.397 e. The van der Waals surface area contributed by atoms with Crippen molar-refractivity contribution in [2.45, 2.75) is 13.1 Å². The molecule has 4 nitrogen and oxygen atoms in total. The highest BCUT2D eigenvalue weighted by Gasteiger charge is 2.27. The number of nitrogen functional groups attached to an aromatic ring is 1. The molecule has 21 heavy (non-hydrogen) atoms. The number of thiophene rings is 1. The number of rotatable bonds is 1. The van der Waals surface area contributed by atoms with E-state index in [-0.39, 0.29) is 5.91 Å². The topological polar surface area (TPSA) is 59.2 Å². The first-order chi connectivity index (χ1) is 10.2. The molecular weight excluding hydrogens is 282 g/mol. The molecule has 0 radical (unpaired) electrons. The van der Waals surface area contributed by atoms with Crippen LogP contribution in [0.25, 0.3) is 10.2 Å². The number of nitrogens with two attached hydrogens (primary N) is 1. The van der Waals surface area contributed by atoms with Gasteiger partial charge < -0.3 is 10.6 Å². The zero-order valence-corrected chi connectivity index (χ0v) is 12.1. The monoisotopic (exact) mass is 295 g/mol. The summed E-state index contributed by atoms with van der Waals surface area (Å²) in [6.45, 7) is 1.30. The summed E-state index contributed by atoms with van der Waals surface area (Å²) >= 11 is 1.37. The zero-order chi connectivity index (χ0) is 14.4. The number of carbonyl (C=O) groups is 1. The Morgan fingerprint density at radius 2 is 1.86 bits per heavy atom. The third kappa shape index (κ3) is 1.89. The summed E-state index contributed by atoms with van der Waals surface area (Å²) in [6, 6.07) is 11.9. The van der Waals surface area contributed by atoms with E-state index in [0.29, 0.717) is 23.7 Å². The van der Waals surface area contributed by atoms with E-state index in [9.17, 15) is 4.79 Å². The second-order valence-electron chi connectivity index (χ2n) is 5.13. The second kappa shape index (κ2) is 4.56. The molecule has 0 spiro atoms. The van der Waals surface area contributed by atoms with Crippen LogP contribution in [0.3, 0.4) is 0 Å². The average molecular weight is 295 g/mol. The van der Waals surface area contributed by atoms with Crippen LogP contribution in [-0.4, -0.2) is 15.8 Å². The predicted octanol–water partition coefficient (Wildman–Crippen LogP) is 3.03. The lowest BCUT2D eigenvalue weighted by molar-refractivity contribution is 0.0757. The standard InChI is InChI=1S/C16H13N3OS/c17-13-12-6-3-7-18-15(12)21-14(13)16(20)19-8-10-4-1-2-5-11(10)9-19/h1-7H,8-9,17H2. The van der Waals surface area contributed by atoms with Gasteiger partial charge in [0.2, 0.25) is 0 Å². The minimum absolute atomic E-state index is 0.00769. The summed E-state index contributed by atoms with van der Waals surface area (Å²) in [5, 5.41) is 0.863. The van der Waals surface area contributed by atoms with E-state index < -0.39 is 0 Å². The number of carbonyl (C=O) groups excluding carboxylic acids is 1. The fourth-order valence-electron chi connectivity index (χ4n) is 2.73. The lowest BCUT2D eigenvalue weighted by Gasteiger charge is -2.14.